The average Bonchev–Trinajstić information content (AvgIpc) is 3.01. The molecule has 0 aliphatic carbocycles. The zero-order chi connectivity index (χ0) is 19.6. The number of ether oxygens (including phenoxy) is 2. The second kappa shape index (κ2) is 7.74. The molecule has 0 saturated carbocycles. The molecule has 0 bridgehead atoms. The van der Waals surface area contributed by atoms with Crippen molar-refractivity contribution in [3.8, 4) is 11.5 Å². The maximum Gasteiger partial charge on any atom is 0.259 e. The summed E-state index contributed by atoms with van der Waals surface area (Å²) in [6.45, 7) is 0. The zero-order valence-electron chi connectivity index (χ0n) is 14.8. The fourth-order valence-electron chi connectivity index (χ4n) is 2.90. The summed E-state index contributed by atoms with van der Waals surface area (Å²) in [5, 5.41) is 1.15. The van der Waals surface area contributed by atoms with Crippen LogP contribution in [0.25, 0.3) is 0 Å². The molecule has 0 N–H and O–H groups in total. The largest absolute Gasteiger partial charge is 0.497 e. The molecule has 1 amide bonds. The molecule has 0 radical (unpaired) electrons. The highest BCUT2D eigenvalue weighted by Gasteiger charge is 2.33. The standard InChI is InChI=1S/C19H18BrNO5S/c1-25-16-6-7-17(18(11-16)26-2)21(15-8-9-27(23,24)12-15)19(22)13-4-3-5-14(20)10-13/h3-11,15H,12H2,1-2H3. The smallest absolute Gasteiger partial charge is 0.259 e. The number of benzene rings is 2. The number of sulfone groups is 1. The monoisotopic (exact) mass is 451 g/mol. The Morgan fingerprint density at radius 1 is 1.15 bits per heavy atom. The number of halogens is 1. The Hall–Kier alpha value is -2.32. The quantitative estimate of drug-likeness (QED) is 0.695. The molecule has 3 rings (SSSR count). The van der Waals surface area contributed by atoms with Gasteiger partial charge in [-0.05, 0) is 36.4 Å². The van der Waals surface area contributed by atoms with Crippen molar-refractivity contribution >= 4 is 37.4 Å². The van der Waals surface area contributed by atoms with Crippen LogP contribution >= 0.6 is 15.9 Å². The van der Waals surface area contributed by atoms with E-state index >= 15 is 0 Å². The summed E-state index contributed by atoms with van der Waals surface area (Å²) in [5.41, 5.74) is 0.898. The number of methoxy groups -OCH3 is 2. The van der Waals surface area contributed by atoms with Gasteiger partial charge in [0.05, 0.1) is 31.7 Å². The summed E-state index contributed by atoms with van der Waals surface area (Å²) in [6.07, 6.45) is 1.52. The highest BCUT2D eigenvalue weighted by Crippen LogP contribution is 2.36. The third-order valence-corrected chi connectivity index (χ3v) is 6.05. The molecule has 0 fully saturated rings. The van der Waals surface area contributed by atoms with Crippen molar-refractivity contribution in [3.63, 3.8) is 0 Å². The van der Waals surface area contributed by atoms with Gasteiger partial charge in [0.1, 0.15) is 11.5 Å². The lowest BCUT2D eigenvalue weighted by molar-refractivity contribution is 0.0982. The van der Waals surface area contributed by atoms with Crippen LogP contribution in [0.4, 0.5) is 5.69 Å². The third-order valence-electron chi connectivity index (χ3n) is 4.18. The molecule has 1 aliphatic heterocycles. The lowest BCUT2D eigenvalue weighted by Gasteiger charge is -2.29. The van der Waals surface area contributed by atoms with Crippen LogP contribution in [0.5, 0.6) is 11.5 Å². The molecule has 6 nitrogen and oxygen atoms in total. The molecule has 1 unspecified atom stereocenters. The molecule has 27 heavy (non-hydrogen) atoms. The SMILES string of the molecule is COc1ccc(N(C(=O)c2cccc(Br)c2)C2C=CS(=O)(=O)C2)c(OC)c1. The van der Waals surface area contributed by atoms with Gasteiger partial charge >= 0.3 is 0 Å². The van der Waals surface area contributed by atoms with E-state index in [1.165, 1.54) is 25.2 Å². The first-order valence-corrected chi connectivity index (χ1v) is 10.6. The molecule has 1 aliphatic rings. The molecule has 0 saturated heterocycles. The fraction of sp³-hybridized carbons (Fsp3) is 0.211. The van der Waals surface area contributed by atoms with E-state index in [2.05, 4.69) is 15.9 Å². The molecule has 1 atom stereocenters. The molecular weight excluding hydrogens is 434 g/mol. The number of carbonyl (C=O) groups excluding carboxylic acids is 1. The molecule has 0 aromatic heterocycles. The summed E-state index contributed by atoms with van der Waals surface area (Å²) in [6, 6.07) is 11.4. The van der Waals surface area contributed by atoms with Crippen molar-refractivity contribution in [1.82, 2.24) is 0 Å². The Morgan fingerprint density at radius 2 is 1.93 bits per heavy atom. The molecule has 2 aromatic rings. The average molecular weight is 452 g/mol. The lowest BCUT2D eigenvalue weighted by atomic mass is 10.1. The maximum atomic E-state index is 13.3. The van der Waals surface area contributed by atoms with Crippen LogP contribution in [0, 0.1) is 0 Å². The number of anilines is 1. The van der Waals surface area contributed by atoms with Crippen molar-refractivity contribution in [1.29, 1.82) is 0 Å². The van der Waals surface area contributed by atoms with E-state index < -0.39 is 15.9 Å². The van der Waals surface area contributed by atoms with E-state index in [1.54, 1.807) is 36.4 Å². The van der Waals surface area contributed by atoms with Crippen LogP contribution < -0.4 is 14.4 Å². The van der Waals surface area contributed by atoms with E-state index in [4.69, 9.17) is 9.47 Å². The van der Waals surface area contributed by atoms with Gasteiger partial charge in [-0.25, -0.2) is 8.42 Å². The fourth-order valence-corrected chi connectivity index (χ4v) is 4.57. The van der Waals surface area contributed by atoms with Gasteiger partial charge < -0.3 is 9.47 Å². The van der Waals surface area contributed by atoms with Crippen LogP contribution in [0.1, 0.15) is 10.4 Å². The van der Waals surface area contributed by atoms with Crippen LogP contribution in [0.15, 0.2) is 58.4 Å². The molecule has 142 valence electrons. The molecule has 8 heteroatoms. The number of hydrogen-bond donors (Lipinski definition) is 0. The summed E-state index contributed by atoms with van der Waals surface area (Å²) in [5.74, 6) is 0.476. The third kappa shape index (κ3) is 4.17. The van der Waals surface area contributed by atoms with E-state index in [1.807, 2.05) is 6.07 Å². The van der Waals surface area contributed by atoms with Crippen molar-refractivity contribution in [2.24, 2.45) is 0 Å². The molecular formula is C19H18BrNO5S. The zero-order valence-corrected chi connectivity index (χ0v) is 17.2. The first kappa shape index (κ1) is 19.4. The minimum atomic E-state index is -3.35. The Labute approximate surface area is 166 Å². The highest BCUT2D eigenvalue weighted by molar-refractivity contribution is 9.10. The molecule has 0 spiro atoms. The minimum Gasteiger partial charge on any atom is -0.497 e. The van der Waals surface area contributed by atoms with Crippen LogP contribution in [-0.2, 0) is 9.84 Å². The number of nitrogens with zero attached hydrogens (tertiary/aromatic N) is 1. The Balaban J connectivity index is 2.11. The van der Waals surface area contributed by atoms with Gasteiger partial charge in [-0.15, -0.1) is 0 Å². The van der Waals surface area contributed by atoms with Crippen LogP contribution in [0.3, 0.4) is 0 Å². The lowest BCUT2D eigenvalue weighted by Crippen LogP contribution is -2.41. The number of rotatable bonds is 5. The van der Waals surface area contributed by atoms with Crippen molar-refractivity contribution in [2.45, 2.75) is 6.04 Å². The summed E-state index contributed by atoms with van der Waals surface area (Å²) in [4.78, 5) is 14.8. The maximum absolute atomic E-state index is 13.3. The molecule has 2 aromatic carbocycles. The van der Waals surface area contributed by atoms with Gasteiger partial charge in [0.2, 0.25) is 0 Å². The van der Waals surface area contributed by atoms with Gasteiger partial charge in [0, 0.05) is 21.5 Å². The highest BCUT2D eigenvalue weighted by atomic mass is 79.9. The predicted molar refractivity (Wildman–Crippen MR) is 107 cm³/mol. The first-order chi connectivity index (χ1) is 12.8. The van der Waals surface area contributed by atoms with Crippen molar-refractivity contribution < 1.29 is 22.7 Å². The summed E-state index contributed by atoms with van der Waals surface area (Å²) in [7, 11) is -0.334. The van der Waals surface area contributed by atoms with Gasteiger partial charge in [-0.1, -0.05) is 22.0 Å². The molecule has 1 heterocycles. The summed E-state index contributed by atoms with van der Waals surface area (Å²) >= 11 is 3.36. The van der Waals surface area contributed by atoms with Gasteiger partial charge in [-0.3, -0.25) is 9.69 Å². The Bertz CT molecular complexity index is 1000. The summed E-state index contributed by atoms with van der Waals surface area (Å²) < 4.78 is 35.3. The number of amides is 1. The predicted octanol–water partition coefficient (Wildman–Crippen LogP) is 3.42. The van der Waals surface area contributed by atoms with E-state index in [0.29, 0.717) is 22.7 Å². The van der Waals surface area contributed by atoms with Gasteiger partial charge in [0.25, 0.3) is 5.91 Å². The normalized spacial score (nSPS) is 17.5. The number of carbonyl (C=O) groups is 1. The van der Waals surface area contributed by atoms with Gasteiger partial charge in [-0.2, -0.15) is 0 Å². The second-order valence-electron chi connectivity index (χ2n) is 5.95. The van der Waals surface area contributed by atoms with Gasteiger partial charge in [0.15, 0.2) is 9.84 Å². The first-order valence-electron chi connectivity index (χ1n) is 8.07. The Kier molecular flexibility index (Phi) is 5.57. The van der Waals surface area contributed by atoms with Crippen LogP contribution in [0.2, 0.25) is 0 Å². The van der Waals surface area contributed by atoms with Crippen molar-refractivity contribution in [3.05, 3.63) is 64.0 Å². The number of hydrogen-bond acceptors (Lipinski definition) is 5. The van der Waals surface area contributed by atoms with E-state index in [9.17, 15) is 13.2 Å². The van der Waals surface area contributed by atoms with E-state index in [-0.39, 0.29) is 11.7 Å². The second-order valence-corrected chi connectivity index (χ2v) is 8.80. The Morgan fingerprint density at radius 3 is 2.52 bits per heavy atom. The minimum absolute atomic E-state index is 0.179. The van der Waals surface area contributed by atoms with E-state index in [0.717, 1.165) is 9.88 Å². The van der Waals surface area contributed by atoms with Crippen molar-refractivity contribution in [2.75, 3.05) is 24.9 Å². The topological polar surface area (TPSA) is 72.9 Å². The van der Waals surface area contributed by atoms with Crippen LogP contribution in [-0.4, -0.2) is 40.3 Å².